The summed E-state index contributed by atoms with van der Waals surface area (Å²) in [5.41, 5.74) is 3.66. The molecule has 0 atom stereocenters. The molecular weight excluding hydrogens is 477 g/mol. The maximum absolute atomic E-state index is 14.1. The van der Waals surface area contributed by atoms with Gasteiger partial charge in [0, 0.05) is 29.7 Å². The molecule has 0 aliphatic carbocycles. The van der Waals surface area contributed by atoms with Crippen molar-refractivity contribution in [1.29, 1.82) is 0 Å². The van der Waals surface area contributed by atoms with Gasteiger partial charge in [0.25, 0.3) is 0 Å². The number of halogens is 1. The van der Waals surface area contributed by atoms with Crippen molar-refractivity contribution in [3.63, 3.8) is 0 Å². The average Bonchev–Trinajstić information content (AvgIpc) is 3.46. The Morgan fingerprint density at radius 1 is 1.08 bits per heavy atom. The maximum atomic E-state index is 14.1. The lowest BCUT2D eigenvalue weighted by atomic mass is 10.2. The van der Waals surface area contributed by atoms with Crippen LogP contribution in [0.2, 0.25) is 0 Å². The normalized spacial score (nSPS) is 11.8. The quantitative estimate of drug-likeness (QED) is 0.246. The number of aromatic nitrogens is 2. The lowest BCUT2D eigenvalue weighted by Gasteiger charge is -2.22. The van der Waals surface area contributed by atoms with Crippen molar-refractivity contribution in [3.05, 3.63) is 107 Å². The molecule has 2 aromatic carbocycles. The van der Waals surface area contributed by atoms with E-state index in [2.05, 4.69) is 4.90 Å². The van der Waals surface area contributed by atoms with Crippen molar-refractivity contribution < 1.29 is 18.7 Å². The molecule has 4 rings (SSSR count). The van der Waals surface area contributed by atoms with Gasteiger partial charge in [0.1, 0.15) is 16.3 Å². The van der Waals surface area contributed by atoms with E-state index in [1.165, 1.54) is 17.8 Å². The van der Waals surface area contributed by atoms with Gasteiger partial charge in [0.05, 0.1) is 25.0 Å². The third-order valence-corrected chi connectivity index (χ3v) is 7.08. The van der Waals surface area contributed by atoms with Gasteiger partial charge in [-0.2, -0.15) is 5.10 Å². The Hall–Kier alpha value is -3.36. The van der Waals surface area contributed by atoms with Crippen molar-refractivity contribution in [2.75, 3.05) is 0 Å². The molecule has 188 valence electrons. The number of furan rings is 1. The minimum atomic E-state index is -0.897. The molecule has 0 fully saturated rings. The third-order valence-electron chi connectivity index (χ3n) is 5.89. The SMILES string of the molecule is Cc1cn(Cc2ccccc2F)nc1CN(Cc1ccc(SC(C)(C)C(=O)O)cc1)Cc1ccco1. The van der Waals surface area contributed by atoms with Crippen LogP contribution >= 0.6 is 11.8 Å². The number of hydrogen-bond acceptors (Lipinski definition) is 5. The van der Waals surface area contributed by atoms with Crippen LogP contribution in [0.15, 0.2) is 82.4 Å². The summed E-state index contributed by atoms with van der Waals surface area (Å²) < 4.78 is 20.6. The van der Waals surface area contributed by atoms with E-state index in [-0.39, 0.29) is 5.82 Å². The monoisotopic (exact) mass is 507 g/mol. The van der Waals surface area contributed by atoms with Crippen molar-refractivity contribution >= 4 is 17.7 Å². The predicted octanol–water partition coefficient (Wildman–Crippen LogP) is 6.13. The van der Waals surface area contributed by atoms with E-state index in [9.17, 15) is 14.3 Å². The lowest BCUT2D eigenvalue weighted by Crippen LogP contribution is -2.26. The fourth-order valence-electron chi connectivity index (χ4n) is 3.86. The van der Waals surface area contributed by atoms with E-state index in [0.717, 1.165) is 27.5 Å². The first kappa shape index (κ1) is 25.7. The molecule has 2 heterocycles. The molecule has 0 amide bonds. The molecule has 0 unspecified atom stereocenters. The molecule has 0 spiro atoms. The van der Waals surface area contributed by atoms with Gasteiger partial charge in [-0.15, -0.1) is 11.8 Å². The minimum absolute atomic E-state index is 0.236. The number of nitrogens with zero attached hydrogens (tertiary/aromatic N) is 3. The minimum Gasteiger partial charge on any atom is -0.480 e. The van der Waals surface area contributed by atoms with Crippen LogP contribution in [-0.4, -0.2) is 30.5 Å². The van der Waals surface area contributed by atoms with Crippen LogP contribution in [0, 0.1) is 12.7 Å². The molecule has 6 nitrogen and oxygen atoms in total. The first-order chi connectivity index (χ1) is 17.2. The summed E-state index contributed by atoms with van der Waals surface area (Å²) in [4.78, 5) is 14.6. The number of rotatable bonds is 11. The Bertz CT molecular complexity index is 1300. The Morgan fingerprint density at radius 3 is 2.50 bits per heavy atom. The van der Waals surface area contributed by atoms with Crippen molar-refractivity contribution in [2.45, 2.75) is 56.6 Å². The molecular formula is C28H30FN3O3S. The predicted molar refractivity (Wildman–Crippen MR) is 138 cm³/mol. The van der Waals surface area contributed by atoms with Gasteiger partial charge in [-0.3, -0.25) is 14.4 Å². The number of carboxylic acid groups (broad SMARTS) is 1. The molecule has 0 saturated carbocycles. The summed E-state index contributed by atoms with van der Waals surface area (Å²) >= 11 is 1.33. The molecule has 4 aromatic rings. The topological polar surface area (TPSA) is 71.5 Å². The Morgan fingerprint density at radius 2 is 1.83 bits per heavy atom. The van der Waals surface area contributed by atoms with Crippen LogP contribution in [0.25, 0.3) is 0 Å². The number of aryl methyl sites for hydroxylation is 1. The Balaban J connectivity index is 1.49. The highest BCUT2D eigenvalue weighted by Gasteiger charge is 2.28. The van der Waals surface area contributed by atoms with Gasteiger partial charge in [-0.1, -0.05) is 30.3 Å². The Labute approximate surface area is 214 Å². The smallest absolute Gasteiger partial charge is 0.319 e. The second-order valence-corrected chi connectivity index (χ2v) is 11.0. The number of aliphatic carboxylic acids is 1. The number of benzene rings is 2. The molecule has 0 radical (unpaired) electrons. The van der Waals surface area contributed by atoms with E-state index < -0.39 is 10.7 Å². The van der Waals surface area contributed by atoms with Crippen LogP contribution in [0.5, 0.6) is 0 Å². The summed E-state index contributed by atoms with van der Waals surface area (Å²) in [6.45, 7) is 7.65. The van der Waals surface area contributed by atoms with Crippen LogP contribution in [0.3, 0.4) is 0 Å². The zero-order valence-corrected chi connectivity index (χ0v) is 21.5. The second kappa shape index (κ2) is 11.1. The first-order valence-corrected chi connectivity index (χ1v) is 12.5. The Kier molecular flexibility index (Phi) is 7.96. The zero-order chi connectivity index (χ0) is 25.7. The first-order valence-electron chi connectivity index (χ1n) is 11.7. The van der Waals surface area contributed by atoms with Crippen molar-refractivity contribution in [2.24, 2.45) is 0 Å². The standard InChI is InChI=1S/C28H30FN3O3S/c1-20-15-32(17-22-7-4-5-9-25(22)29)30-26(20)19-31(18-23-8-6-14-35-23)16-21-10-12-24(13-11-21)36-28(2,3)27(33)34/h4-15H,16-19H2,1-3H3,(H,33,34). The average molecular weight is 508 g/mol. The molecule has 0 aliphatic rings. The highest BCUT2D eigenvalue weighted by molar-refractivity contribution is 8.01. The summed E-state index contributed by atoms with van der Waals surface area (Å²) in [6, 6.07) is 18.5. The molecule has 1 N–H and O–H groups in total. The number of carboxylic acids is 1. The molecule has 2 aromatic heterocycles. The van der Waals surface area contributed by atoms with Crippen molar-refractivity contribution in [3.8, 4) is 0 Å². The summed E-state index contributed by atoms with van der Waals surface area (Å²) in [5, 5.41) is 14.1. The third kappa shape index (κ3) is 6.65. The molecule has 0 aliphatic heterocycles. The number of carbonyl (C=O) groups is 1. The van der Waals surface area contributed by atoms with Gasteiger partial charge < -0.3 is 9.52 Å². The number of thioether (sulfide) groups is 1. The van der Waals surface area contributed by atoms with E-state index >= 15 is 0 Å². The van der Waals surface area contributed by atoms with Crippen LogP contribution < -0.4 is 0 Å². The summed E-state index contributed by atoms with van der Waals surface area (Å²) in [6.07, 6.45) is 3.61. The number of hydrogen-bond donors (Lipinski definition) is 1. The van der Waals surface area contributed by atoms with Gasteiger partial charge in [0.15, 0.2) is 0 Å². The molecule has 8 heteroatoms. The van der Waals surface area contributed by atoms with Gasteiger partial charge in [-0.25, -0.2) is 4.39 Å². The van der Waals surface area contributed by atoms with Gasteiger partial charge >= 0.3 is 5.97 Å². The van der Waals surface area contributed by atoms with E-state index in [0.29, 0.717) is 31.7 Å². The van der Waals surface area contributed by atoms with Gasteiger partial charge in [-0.05, 0) is 62.2 Å². The van der Waals surface area contributed by atoms with Crippen LogP contribution in [0.1, 0.15) is 42.0 Å². The maximum Gasteiger partial charge on any atom is 0.319 e. The molecule has 0 saturated heterocycles. The summed E-state index contributed by atoms with van der Waals surface area (Å²) in [7, 11) is 0. The summed E-state index contributed by atoms with van der Waals surface area (Å²) in [5.74, 6) is -0.222. The van der Waals surface area contributed by atoms with E-state index in [1.807, 2.05) is 55.6 Å². The molecule has 0 bridgehead atoms. The fourth-order valence-corrected chi connectivity index (χ4v) is 4.81. The van der Waals surface area contributed by atoms with Crippen molar-refractivity contribution in [1.82, 2.24) is 14.7 Å². The van der Waals surface area contributed by atoms with E-state index in [1.54, 1.807) is 36.9 Å². The van der Waals surface area contributed by atoms with Crippen LogP contribution in [0.4, 0.5) is 4.39 Å². The highest BCUT2D eigenvalue weighted by atomic mass is 32.2. The van der Waals surface area contributed by atoms with Gasteiger partial charge in [0.2, 0.25) is 0 Å². The van der Waals surface area contributed by atoms with Crippen LogP contribution in [-0.2, 0) is 31.0 Å². The zero-order valence-electron chi connectivity index (χ0n) is 20.6. The molecule has 36 heavy (non-hydrogen) atoms. The van der Waals surface area contributed by atoms with E-state index in [4.69, 9.17) is 9.52 Å². The largest absolute Gasteiger partial charge is 0.480 e. The second-order valence-electron chi connectivity index (χ2n) is 9.33. The highest BCUT2D eigenvalue weighted by Crippen LogP contribution is 2.33. The fraction of sp³-hybridized carbons (Fsp3) is 0.286. The lowest BCUT2D eigenvalue weighted by molar-refractivity contribution is -0.138.